The van der Waals surface area contributed by atoms with E-state index in [-0.39, 0.29) is 0 Å². The summed E-state index contributed by atoms with van der Waals surface area (Å²) in [6, 6.07) is 7.93. The lowest BCUT2D eigenvalue weighted by Crippen LogP contribution is -2.43. The lowest BCUT2D eigenvalue weighted by atomic mass is 9.99. The maximum Gasteiger partial charge on any atom is 0.0483 e. The molecule has 2 atom stereocenters. The minimum absolute atomic E-state index is 0.553. The molecule has 142 valence electrons. The molecule has 0 bridgehead atoms. The van der Waals surface area contributed by atoms with Gasteiger partial charge < -0.3 is 10.2 Å². The molecule has 3 nitrogen and oxygen atoms in total. The highest BCUT2D eigenvalue weighted by molar-refractivity contribution is 5.60. The van der Waals surface area contributed by atoms with Gasteiger partial charge in [-0.3, -0.25) is 4.90 Å². The van der Waals surface area contributed by atoms with Crippen LogP contribution in [0.5, 0.6) is 0 Å². The number of hydrogen-bond donors (Lipinski definition) is 1. The monoisotopic (exact) mass is 345 g/mol. The van der Waals surface area contributed by atoms with E-state index < -0.39 is 0 Å². The molecule has 2 aliphatic rings. The molecule has 1 N–H and O–H groups in total. The Bertz CT molecular complexity index is 532. The summed E-state index contributed by atoms with van der Waals surface area (Å²) < 4.78 is 0. The van der Waals surface area contributed by atoms with Gasteiger partial charge in [-0.2, -0.15) is 0 Å². The number of rotatable bonds is 4. The van der Waals surface area contributed by atoms with Gasteiger partial charge in [0.25, 0.3) is 0 Å². The van der Waals surface area contributed by atoms with Crippen LogP contribution in [0.1, 0.15) is 71.2 Å². The van der Waals surface area contributed by atoms with Crippen LogP contribution in [0.2, 0.25) is 0 Å². The van der Waals surface area contributed by atoms with Gasteiger partial charge >= 0.3 is 0 Å². The highest BCUT2D eigenvalue weighted by Crippen LogP contribution is 2.46. The van der Waals surface area contributed by atoms with Gasteiger partial charge in [-0.1, -0.05) is 39.8 Å². The van der Waals surface area contributed by atoms with Gasteiger partial charge in [-0.25, -0.2) is 0 Å². The fourth-order valence-corrected chi connectivity index (χ4v) is 4.40. The predicted molar refractivity (Wildman–Crippen MR) is 110 cm³/mol. The van der Waals surface area contributed by atoms with Gasteiger partial charge in [0, 0.05) is 51.0 Å². The van der Waals surface area contributed by atoms with Gasteiger partial charge in [0.15, 0.2) is 0 Å². The molecule has 1 fully saturated rings. The minimum Gasteiger partial charge on any atom is -0.375 e. The Morgan fingerprint density at radius 2 is 1.88 bits per heavy atom. The van der Waals surface area contributed by atoms with E-state index in [1.807, 2.05) is 0 Å². The number of hydrogen-bond acceptors (Lipinski definition) is 3. The molecule has 0 aliphatic carbocycles. The van der Waals surface area contributed by atoms with E-state index in [1.54, 1.807) is 5.56 Å². The molecule has 2 aliphatic heterocycles. The minimum atomic E-state index is 0.553. The average Bonchev–Trinajstić information content (AvgIpc) is 2.87. The van der Waals surface area contributed by atoms with Crippen LogP contribution < -0.4 is 10.2 Å². The van der Waals surface area contributed by atoms with E-state index in [0.29, 0.717) is 12.1 Å². The zero-order valence-electron chi connectivity index (χ0n) is 17.5. The number of anilines is 1. The number of fused-ring (bicyclic) bond motifs is 3. The molecule has 25 heavy (non-hydrogen) atoms. The number of nitrogens with zero attached hydrogens (tertiary/aromatic N) is 2. The molecule has 0 saturated carbocycles. The first-order chi connectivity index (χ1) is 11.9. The van der Waals surface area contributed by atoms with Crippen molar-refractivity contribution in [2.24, 2.45) is 11.8 Å². The summed E-state index contributed by atoms with van der Waals surface area (Å²) in [5, 5.41) is 3.53. The van der Waals surface area contributed by atoms with Gasteiger partial charge in [-0.05, 0) is 49.3 Å². The molecule has 0 aromatic heterocycles. The largest absolute Gasteiger partial charge is 0.375 e. The predicted octanol–water partition coefficient (Wildman–Crippen LogP) is 4.85. The van der Waals surface area contributed by atoms with Crippen molar-refractivity contribution in [3.8, 4) is 0 Å². The molecule has 1 saturated heterocycles. The molecule has 2 heterocycles. The zero-order valence-corrected chi connectivity index (χ0v) is 17.5. The molecule has 1 aromatic rings. The molecular weight excluding hydrogens is 306 g/mol. The van der Waals surface area contributed by atoms with Crippen LogP contribution in [-0.4, -0.2) is 38.1 Å². The Morgan fingerprint density at radius 3 is 2.44 bits per heavy atom. The lowest BCUT2D eigenvalue weighted by molar-refractivity contribution is 0.141. The smallest absolute Gasteiger partial charge is 0.0483 e. The SMILES string of the molecule is CC(C)CC(C)C.CCN(C)c1cccc2c1C(C)N1CCNCC21. The zero-order chi connectivity index (χ0) is 18.6. The van der Waals surface area contributed by atoms with Crippen LogP contribution in [0.3, 0.4) is 0 Å². The van der Waals surface area contributed by atoms with Gasteiger partial charge in [0.2, 0.25) is 0 Å². The molecule has 0 spiro atoms. The third kappa shape index (κ3) is 4.77. The lowest BCUT2D eigenvalue weighted by Gasteiger charge is -2.33. The molecule has 0 radical (unpaired) electrons. The summed E-state index contributed by atoms with van der Waals surface area (Å²) in [4.78, 5) is 5.01. The Balaban J connectivity index is 0.000000277. The normalized spacial score (nSPS) is 22.4. The molecular formula is C22H39N3. The summed E-state index contributed by atoms with van der Waals surface area (Å²) in [7, 11) is 2.19. The first-order valence-electron chi connectivity index (χ1n) is 10.2. The Kier molecular flexibility index (Phi) is 7.33. The standard InChI is InChI=1S/C15H23N3.C7H16/c1-4-17(3)13-7-5-6-12-14-10-16-8-9-18(14)11(2)15(12)13;1-6(2)5-7(3)4/h5-7,11,14,16H,4,8-10H2,1-3H3;6-7H,5H2,1-4H3. The van der Waals surface area contributed by atoms with E-state index in [9.17, 15) is 0 Å². The second-order valence-electron chi connectivity index (χ2n) is 8.45. The highest BCUT2D eigenvalue weighted by atomic mass is 15.3. The number of nitrogens with one attached hydrogen (secondary N) is 1. The Hall–Kier alpha value is -1.06. The second-order valence-corrected chi connectivity index (χ2v) is 8.45. The first-order valence-corrected chi connectivity index (χ1v) is 10.2. The number of benzene rings is 1. The summed E-state index contributed by atoms with van der Waals surface area (Å²) in [5.41, 5.74) is 4.50. The fourth-order valence-electron chi connectivity index (χ4n) is 4.40. The van der Waals surface area contributed by atoms with Crippen molar-refractivity contribution < 1.29 is 0 Å². The average molecular weight is 346 g/mol. The van der Waals surface area contributed by atoms with Crippen LogP contribution in [0, 0.1) is 11.8 Å². The summed E-state index contributed by atoms with van der Waals surface area (Å²) in [6.45, 7) is 18.1. The molecule has 1 aromatic carbocycles. The van der Waals surface area contributed by atoms with Crippen molar-refractivity contribution in [1.82, 2.24) is 10.2 Å². The van der Waals surface area contributed by atoms with Crippen molar-refractivity contribution >= 4 is 5.69 Å². The maximum absolute atomic E-state index is 3.53. The Morgan fingerprint density at radius 1 is 1.20 bits per heavy atom. The van der Waals surface area contributed by atoms with Gasteiger partial charge in [0.1, 0.15) is 0 Å². The topological polar surface area (TPSA) is 18.5 Å². The summed E-state index contributed by atoms with van der Waals surface area (Å²) in [5.74, 6) is 1.75. The first kappa shape index (κ1) is 20.3. The molecule has 0 amide bonds. The van der Waals surface area contributed by atoms with Crippen LogP contribution in [0.4, 0.5) is 5.69 Å². The van der Waals surface area contributed by atoms with Crippen LogP contribution >= 0.6 is 0 Å². The maximum atomic E-state index is 3.53. The van der Waals surface area contributed by atoms with Crippen LogP contribution in [-0.2, 0) is 0 Å². The van der Waals surface area contributed by atoms with Crippen molar-refractivity contribution in [3.05, 3.63) is 29.3 Å². The second kappa shape index (κ2) is 9.05. The quantitative estimate of drug-likeness (QED) is 0.841. The van der Waals surface area contributed by atoms with Crippen molar-refractivity contribution in [2.75, 3.05) is 38.1 Å². The van der Waals surface area contributed by atoms with Crippen molar-refractivity contribution in [2.45, 2.75) is 60.0 Å². The summed E-state index contributed by atoms with van der Waals surface area (Å²) in [6.07, 6.45) is 1.36. The van der Waals surface area contributed by atoms with E-state index in [1.165, 1.54) is 17.7 Å². The highest BCUT2D eigenvalue weighted by Gasteiger charge is 2.38. The third-order valence-corrected chi connectivity index (χ3v) is 5.50. The van der Waals surface area contributed by atoms with Gasteiger partial charge in [-0.15, -0.1) is 0 Å². The fraction of sp³-hybridized carbons (Fsp3) is 0.727. The molecule has 3 rings (SSSR count). The van der Waals surface area contributed by atoms with E-state index in [4.69, 9.17) is 0 Å². The third-order valence-electron chi connectivity index (χ3n) is 5.50. The summed E-state index contributed by atoms with van der Waals surface area (Å²) >= 11 is 0. The van der Waals surface area contributed by atoms with Crippen LogP contribution in [0.15, 0.2) is 18.2 Å². The van der Waals surface area contributed by atoms with Crippen LogP contribution in [0.25, 0.3) is 0 Å². The molecule has 2 unspecified atom stereocenters. The van der Waals surface area contributed by atoms with E-state index in [2.05, 4.69) is 81.9 Å². The Labute approximate surface area is 155 Å². The van der Waals surface area contributed by atoms with Crippen molar-refractivity contribution in [1.29, 1.82) is 0 Å². The van der Waals surface area contributed by atoms with E-state index >= 15 is 0 Å². The van der Waals surface area contributed by atoms with Crippen molar-refractivity contribution in [3.63, 3.8) is 0 Å². The van der Waals surface area contributed by atoms with E-state index in [0.717, 1.165) is 38.0 Å². The number of piperazine rings is 1. The molecule has 3 heteroatoms. The van der Waals surface area contributed by atoms with Gasteiger partial charge in [0.05, 0.1) is 0 Å².